The summed E-state index contributed by atoms with van der Waals surface area (Å²) in [6, 6.07) is 15.5. The van der Waals surface area contributed by atoms with E-state index in [1.165, 1.54) is 36.4 Å². The third-order valence-electron chi connectivity index (χ3n) is 8.18. The van der Waals surface area contributed by atoms with E-state index in [9.17, 15) is 35.0 Å². The van der Waals surface area contributed by atoms with E-state index < -0.39 is 47.2 Å². The molecule has 2 aromatic carbocycles. The van der Waals surface area contributed by atoms with Gasteiger partial charge in [-0.3, -0.25) is 24.7 Å². The van der Waals surface area contributed by atoms with Crippen LogP contribution in [0.2, 0.25) is 5.02 Å². The summed E-state index contributed by atoms with van der Waals surface area (Å²) in [5.74, 6) is -3.46. The summed E-state index contributed by atoms with van der Waals surface area (Å²) < 4.78 is 0. The maximum Gasteiger partial charge on any atom is 0.271 e. The summed E-state index contributed by atoms with van der Waals surface area (Å²) >= 11 is 6.35. The first-order chi connectivity index (χ1) is 20.6. The Morgan fingerprint density at radius 2 is 1.95 bits per heavy atom. The van der Waals surface area contributed by atoms with Crippen LogP contribution in [-0.2, 0) is 9.59 Å². The zero-order valence-corrected chi connectivity index (χ0v) is 24.0. The van der Waals surface area contributed by atoms with Crippen molar-refractivity contribution >= 4 is 46.4 Å². The van der Waals surface area contributed by atoms with Crippen LogP contribution in [0.25, 0.3) is 11.6 Å². The Labute approximate surface area is 252 Å². The molecule has 4 atom stereocenters. The van der Waals surface area contributed by atoms with Crippen LogP contribution in [0.4, 0.5) is 11.4 Å². The number of hydrogen-bond donors (Lipinski definition) is 3. The fraction of sp³-hybridized carbons (Fsp3) is 0.281. The van der Waals surface area contributed by atoms with Gasteiger partial charge in [0, 0.05) is 24.2 Å². The Balaban J connectivity index is 1.41. The molecule has 1 fully saturated rings. The number of carbonyl (C=O) groups is 2. The van der Waals surface area contributed by atoms with Crippen molar-refractivity contribution in [1.29, 1.82) is 0 Å². The van der Waals surface area contributed by atoms with Crippen molar-refractivity contribution in [3.63, 3.8) is 0 Å². The normalized spacial score (nSPS) is 21.3. The Morgan fingerprint density at radius 1 is 1.16 bits per heavy atom. The summed E-state index contributed by atoms with van der Waals surface area (Å²) in [5, 5.41) is 43.4. The molecule has 1 aliphatic heterocycles. The minimum atomic E-state index is -1.03. The standard InChI is InChI=1S/C32H30ClN3O7/c1-18-13-24-30(32(41)35(31(24)40)21-5-4-6-22(15-21)36(42)43)25(17-37)29(18)28(39)11-9-20(27-7-2-3-12-34-27)14-19-8-10-23(38)16-26(19)33/h2-8,10,12,14-16,24-25,28,30,37-39H,9,11,13,17H2,1H3/b20-14-/t24-,25+,28-,30-/m1/s1. The number of rotatable bonds is 9. The molecular formula is C32H30ClN3O7. The number of fused-ring (bicyclic) bond motifs is 1. The third kappa shape index (κ3) is 5.94. The van der Waals surface area contributed by atoms with Gasteiger partial charge in [-0.15, -0.1) is 0 Å². The number of aromatic hydroxyl groups is 1. The number of benzene rings is 2. The molecule has 10 nitrogen and oxygen atoms in total. The molecule has 0 saturated carbocycles. The topological polar surface area (TPSA) is 154 Å². The van der Waals surface area contributed by atoms with Crippen molar-refractivity contribution in [1.82, 2.24) is 4.98 Å². The lowest BCUT2D eigenvalue weighted by atomic mass is 9.68. The number of phenols is 1. The smallest absolute Gasteiger partial charge is 0.271 e. The molecule has 1 aliphatic carbocycles. The van der Waals surface area contributed by atoms with E-state index in [0.29, 0.717) is 28.3 Å². The minimum Gasteiger partial charge on any atom is -0.508 e. The number of hydrogen-bond acceptors (Lipinski definition) is 8. The van der Waals surface area contributed by atoms with Crippen LogP contribution < -0.4 is 4.90 Å². The van der Waals surface area contributed by atoms with Crippen molar-refractivity contribution in [2.45, 2.75) is 32.3 Å². The van der Waals surface area contributed by atoms with Crippen LogP contribution in [0.5, 0.6) is 5.75 Å². The molecule has 2 aliphatic rings. The average Bonchev–Trinajstić information content (AvgIpc) is 3.24. The Bertz CT molecular complexity index is 1640. The van der Waals surface area contributed by atoms with Gasteiger partial charge in [-0.05, 0) is 85.4 Å². The highest BCUT2D eigenvalue weighted by molar-refractivity contribution is 6.32. The Morgan fingerprint density at radius 3 is 2.63 bits per heavy atom. The van der Waals surface area contributed by atoms with Crippen LogP contribution in [-0.4, -0.2) is 49.8 Å². The summed E-state index contributed by atoms with van der Waals surface area (Å²) in [6.07, 6.45) is 3.28. The molecule has 0 unspecified atom stereocenters. The van der Waals surface area contributed by atoms with Crippen LogP contribution >= 0.6 is 11.6 Å². The first kappa shape index (κ1) is 30.1. The number of anilines is 1. The maximum absolute atomic E-state index is 13.7. The monoisotopic (exact) mass is 603 g/mol. The molecule has 222 valence electrons. The summed E-state index contributed by atoms with van der Waals surface area (Å²) in [6.45, 7) is 1.33. The molecule has 1 aromatic heterocycles. The Kier molecular flexibility index (Phi) is 8.72. The van der Waals surface area contributed by atoms with Gasteiger partial charge in [-0.2, -0.15) is 0 Å². The second-order valence-corrected chi connectivity index (χ2v) is 11.2. The zero-order chi connectivity index (χ0) is 30.8. The summed E-state index contributed by atoms with van der Waals surface area (Å²) in [5.41, 5.74) is 3.22. The number of aliphatic hydroxyl groups is 2. The van der Waals surface area contributed by atoms with Crippen LogP contribution in [0.3, 0.4) is 0 Å². The average molecular weight is 604 g/mol. The molecule has 0 spiro atoms. The van der Waals surface area contributed by atoms with E-state index in [-0.39, 0.29) is 30.0 Å². The number of nitrogens with zero attached hydrogens (tertiary/aromatic N) is 3. The van der Waals surface area contributed by atoms with Crippen LogP contribution in [0.1, 0.15) is 37.4 Å². The first-order valence-electron chi connectivity index (χ1n) is 13.8. The fourth-order valence-electron chi connectivity index (χ4n) is 6.21. The van der Waals surface area contributed by atoms with Crippen molar-refractivity contribution in [3.05, 3.63) is 104 Å². The molecule has 43 heavy (non-hydrogen) atoms. The molecule has 2 heterocycles. The molecule has 0 bridgehead atoms. The number of phenolic OH excluding ortho intramolecular Hbond substituents is 1. The van der Waals surface area contributed by atoms with E-state index in [1.54, 1.807) is 25.3 Å². The van der Waals surface area contributed by atoms with Gasteiger partial charge in [-0.25, -0.2) is 4.90 Å². The predicted octanol–water partition coefficient (Wildman–Crippen LogP) is 5.17. The number of aromatic nitrogens is 1. The highest BCUT2D eigenvalue weighted by Crippen LogP contribution is 2.47. The van der Waals surface area contributed by atoms with Gasteiger partial charge in [0.25, 0.3) is 5.69 Å². The lowest BCUT2D eigenvalue weighted by Crippen LogP contribution is -2.38. The van der Waals surface area contributed by atoms with Gasteiger partial charge in [0.05, 0.1) is 45.9 Å². The largest absolute Gasteiger partial charge is 0.508 e. The van der Waals surface area contributed by atoms with Crippen LogP contribution in [0, 0.1) is 27.9 Å². The van der Waals surface area contributed by atoms with Crippen molar-refractivity contribution in [2.24, 2.45) is 17.8 Å². The van der Waals surface area contributed by atoms with Gasteiger partial charge in [0.2, 0.25) is 11.8 Å². The molecule has 11 heteroatoms. The second kappa shape index (κ2) is 12.5. The lowest BCUT2D eigenvalue weighted by molar-refractivity contribution is -0.384. The second-order valence-electron chi connectivity index (χ2n) is 10.8. The zero-order valence-electron chi connectivity index (χ0n) is 23.3. The molecule has 0 radical (unpaired) electrons. The van der Waals surface area contributed by atoms with E-state index in [4.69, 9.17) is 11.6 Å². The molecule has 5 rings (SSSR count). The summed E-state index contributed by atoms with van der Waals surface area (Å²) in [7, 11) is 0. The van der Waals surface area contributed by atoms with Gasteiger partial charge < -0.3 is 15.3 Å². The van der Waals surface area contributed by atoms with E-state index in [0.717, 1.165) is 16.0 Å². The van der Waals surface area contributed by atoms with Crippen molar-refractivity contribution in [2.75, 3.05) is 11.5 Å². The number of allylic oxidation sites excluding steroid dienone is 2. The molecular weight excluding hydrogens is 574 g/mol. The minimum absolute atomic E-state index is 0.0361. The molecule has 3 aromatic rings. The lowest BCUT2D eigenvalue weighted by Gasteiger charge is -2.35. The van der Waals surface area contributed by atoms with Crippen molar-refractivity contribution < 1.29 is 29.8 Å². The molecule has 2 amide bonds. The fourth-order valence-corrected chi connectivity index (χ4v) is 6.44. The van der Waals surface area contributed by atoms with Gasteiger partial charge in [0.1, 0.15) is 5.75 Å². The third-order valence-corrected chi connectivity index (χ3v) is 8.51. The predicted molar refractivity (Wildman–Crippen MR) is 161 cm³/mol. The highest BCUT2D eigenvalue weighted by Gasteiger charge is 2.55. The molecule has 1 saturated heterocycles. The number of non-ortho nitro benzene ring substituents is 1. The molecule has 3 N–H and O–H groups in total. The van der Waals surface area contributed by atoms with E-state index >= 15 is 0 Å². The summed E-state index contributed by atoms with van der Waals surface area (Å²) in [4.78, 5) is 43.2. The highest BCUT2D eigenvalue weighted by atomic mass is 35.5. The number of aliphatic hydroxyl groups excluding tert-OH is 2. The number of nitro groups is 1. The van der Waals surface area contributed by atoms with Gasteiger partial charge in [-0.1, -0.05) is 29.3 Å². The van der Waals surface area contributed by atoms with Crippen molar-refractivity contribution in [3.8, 4) is 5.75 Å². The van der Waals surface area contributed by atoms with Gasteiger partial charge in [0.15, 0.2) is 0 Å². The maximum atomic E-state index is 13.7. The number of carbonyl (C=O) groups excluding carboxylic acids is 2. The van der Waals surface area contributed by atoms with Gasteiger partial charge >= 0.3 is 0 Å². The number of nitro benzene ring substituents is 1. The van der Waals surface area contributed by atoms with Crippen LogP contribution in [0.15, 0.2) is 78.0 Å². The number of imide groups is 1. The number of amides is 2. The van der Waals surface area contributed by atoms with E-state index in [1.807, 2.05) is 18.2 Å². The SMILES string of the molecule is CC1=C([C@H](O)CC/C(=C/c2ccc(O)cc2Cl)c2ccccn2)[C@H](CO)[C@@H]2C(=O)N(c3cccc([N+](=O)[O-])c3)C(=O)[C@@H]2C1. The van der Waals surface area contributed by atoms with E-state index in [2.05, 4.69) is 4.98 Å². The Hall–Kier alpha value is -4.38. The number of halogens is 1. The number of pyridine rings is 1. The first-order valence-corrected chi connectivity index (χ1v) is 14.2. The quantitative estimate of drug-likeness (QED) is 0.131.